The third-order valence-corrected chi connectivity index (χ3v) is 5.38. The Morgan fingerprint density at radius 3 is 2.66 bits per heavy atom. The van der Waals surface area contributed by atoms with Gasteiger partial charge in [0.1, 0.15) is 6.04 Å². The Bertz CT molecular complexity index is 809. The number of ether oxygens (including phenoxy) is 1. The van der Waals surface area contributed by atoms with E-state index < -0.39 is 12.0 Å². The number of hydrogen-bond acceptors (Lipinski definition) is 6. The van der Waals surface area contributed by atoms with Crippen LogP contribution in [0.3, 0.4) is 0 Å². The molecule has 0 radical (unpaired) electrons. The molecule has 1 atom stereocenters. The third-order valence-electron chi connectivity index (χ3n) is 5.38. The largest absolute Gasteiger partial charge is 0.466 e. The van der Waals surface area contributed by atoms with E-state index in [1.54, 1.807) is 29.2 Å². The van der Waals surface area contributed by atoms with Gasteiger partial charge in [-0.15, -0.1) is 0 Å². The minimum Gasteiger partial charge on any atom is -0.466 e. The van der Waals surface area contributed by atoms with Crippen molar-refractivity contribution in [1.82, 2.24) is 15.1 Å². The van der Waals surface area contributed by atoms with Crippen LogP contribution in [-0.4, -0.2) is 78.9 Å². The molecule has 9 heteroatoms. The van der Waals surface area contributed by atoms with Crippen LogP contribution in [0.5, 0.6) is 0 Å². The summed E-state index contributed by atoms with van der Waals surface area (Å²) < 4.78 is 5.16. The van der Waals surface area contributed by atoms with Gasteiger partial charge in [0.15, 0.2) is 0 Å². The first-order chi connectivity index (χ1) is 15.4. The van der Waals surface area contributed by atoms with Gasteiger partial charge in [-0.05, 0) is 38.5 Å². The maximum atomic E-state index is 12.8. The van der Waals surface area contributed by atoms with Crippen LogP contribution in [0.15, 0.2) is 24.3 Å². The van der Waals surface area contributed by atoms with Crippen LogP contribution in [0.1, 0.15) is 50.4 Å². The molecule has 2 N–H and O–H groups in total. The molecule has 1 aromatic rings. The molecule has 0 bridgehead atoms. The number of carbonyl (C=O) groups is 4. The monoisotopic (exact) mass is 446 g/mol. The molecule has 9 nitrogen and oxygen atoms in total. The summed E-state index contributed by atoms with van der Waals surface area (Å²) in [4.78, 5) is 52.9. The molecule has 0 aliphatic carbocycles. The standard InChI is InChI=1S/C23H34N4O5/c1-4-7-13-32-21(29)15-19-22(30)24-11-12-27(19)20(28)16-25-18-10-8-9-17(14-18)23(31)26(5-2)6-3/h8-10,14,19,25H,4-7,11-13,15-16H2,1-3H3,(H,24,30). The predicted octanol–water partition coefficient (Wildman–Crippen LogP) is 1.64. The molecule has 0 spiro atoms. The van der Waals surface area contributed by atoms with Gasteiger partial charge in [-0.2, -0.15) is 0 Å². The number of piperazine rings is 1. The maximum absolute atomic E-state index is 12.8. The van der Waals surface area contributed by atoms with Crippen molar-refractivity contribution < 1.29 is 23.9 Å². The number of amides is 3. The summed E-state index contributed by atoms with van der Waals surface area (Å²) in [7, 11) is 0. The highest BCUT2D eigenvalue weighted by Gasteiger charge is 2.34. The van der Waals surface area contributed by atoms with E-state index in [-0.39, 0.29) is 30.7 Å². The van der Waals surface area contributed by atoms with E-state index in [0.717, 1.165) is 12.8 Å². The van der Waals surface area contributed by atoms with Crippen LogP contribution < -0.4 is 10.6 Å². The molecule has 3 amide bonds. The second kappa shape index (κ2) is 12.7. The molecule has 1 fully saturated rings. The SMILES string of the molecule is CCCCOC(=O)CC1C(=O)NCCN1C(=O)CNc1cccc(C(=O)N(CC)CC)c1. The lowest BCUT2D eigenvalue weighted by Gasteiger charge is -2.34. The first-order valence-electron chi connectivity index (χ1n) is 11.3. The van der Waals surface area contributed by atoms with Gasteiger partial charge in [-0.1, -0.05) is 19.4 Å². The van der Waals surface area contributed by atoms with Gasteiger partial charge < -0.3 is 25.2 Å². The smallest absolute Gasteiger partial charge is 0.308 e. The lowest BCUT2D eigenvalue weighted by molar-refractivity contribution is -0.151. The zero-order valence-electron chi connectivity index (χ0n) is 19.2. The zero-order valence-corrected chi connectivity index (χ0v) is 19.2. The van der Waals surface area contributed by atoms with Gasteiger partial charge in [-0.25, -0.2) is 0 Å². The van der Waals surface area contributed by atoms with Gasteiger partial charge in [0, 0.05) is 37.4 Å². The number of esters is 1. The molecule has 0 aromatic heterocycles. The molecule has 0 saturated carbocycles. The number of nitrogens with zero attached hydrogens (tertiary/aromatic N) is 2. The molecule has 2 rings (SSSR count). The predicted molar refractivity (Wildman–Crippen MR) is 121 cm³/mol. The molecule has 176 valence electrons. The average molecular weight is 447 g/mol. The fourth-order valence-corrected chi connectivity index (χ4v) is 3.50. The Balaban J connectivity index is 1.99. The summed E-state index contributed by atoms with van der Waals surface area (Å²) in [5.41, 5.74) is 1.17. The van der Waals surface area contributed by atoms with Crippen LogP contribution in [0.25, 0.3) is 0 Å². The highest BCUT2D eigenvalue weighted by molar-refractivity contribution is 5.95. The van der Waals surface area contributed by atoms with E-state index in [1.807, 2.05) is 20.8 Å². The second-order valence-electron chi connectivity index (χ2n) is 7.58. The third kappa shape index (κ3) is 6.96. The molecule has 1 aliphatic rings. The molecule has 1 saturated heterocycles. The fourth-order valence-electron chi connectivity index (χ4n) is 3.50. The van der Waals surface area contributed by atoms with Crippen LogP contribution in [-0.2, 0) is 19.1 Å². The Morgan fingerprint density at radius 1 is 1.22 bits per heavy atom. The number of anilines is 1. The van der Waals surface area contributed by atoms with E-state index in [4.69, 9.17) is 4.74 Å². The minimum absolute atomic E-state index is 0.0580. The van der Waals surface area contributed by atoms with Crippen molar-refractivity contribution in [2.75, 3.05) is 44.6 Å². The Morgan fingerprint density at radius 2 is 1.97 bits per heavy atom. The van der Waals surface area contributed by atoms with Crippen LogP contribution in [0, 0.1) is 0 Å². The maximum Gasteiger partial charge on any atom is 0.308 e. The average Bonchev–Trinajstić information content (AvgIpc) is 2.80. The van der Waals surface area contributed by atoms with Crippen LogP contribution >= 0.6 is 0 Å². The summed E-state index contributed by atoms with van der Waals surface area (Å²) in [6.07, 6.45) is 1.48. The van der Waals surface area contributed by atoms with Gasteiger partial charge in [0.05, 0.1) is 19.6 Å². The Kier molecular flexibility index (Phi) is 9.97. The van der Waals surface area contributed by atoms with E-state index in [2.05, 4.69) is 10.6 Å². The summed E-state index contributed by atoms with van der Waals surface area (Å²) in [6, 6.07) is 6.09. The minimum atomic E-state index is -0.886. The Hall–Kier alpha value is -3.10. The lowest BCUT2D eigenvalue weighted by atomic mass is 10.1. The molecule has 32 heavy (non-hydrogen) atoms. The fraction of sp³-hybridized carbons (Fsp3) is 0.565. The lowest BCUT2D eigenvalue weighted by Crippen LogP contribution is -2.58. The van der Waals surface area contributed by atoms with Gasteiger partial charge >= 0.3 is 5.97 Å². The first kappa shape index (κ1) is 25.2. The van der Waals surface area contributed by atoms with Crippen molar-refractivity contribution in [1.29, 1.82) is 0 Å². The van der Waals surface area contributed by atoms with Crippen LogP contribution in [0.4, 0.5) is 5.69 Å². The van der Waals surface area contributed by atoms with Gasteiger partial charge in [0.2, 0.25) is 11.8 Å². The number of benzene rings is 1. The molecule has 1 unspecified atom stereocenters. The summed E-state index contributed by atoms with van der Waals surface area (Å²) in [5, 5.41) is 5.73. The highest BCUT2D eigenvalue weighted by Crippen LogP contribution is 2.15. The molecular formula is C23H34N4O5. The summed E-state index contributed by atoms with van der Waals surface area (Å²) in [6.45, 7) is 7.97. The van der Waals surface area contributed by atoms with Crippen molar-refractivity contribution in [3.05, 3.63) is 29.8 Å². The highest BCUT2D eigenvalue weighted by atomic mass is 16.5. The molecular weight excluding hydrogens is 412 g/mol. The number of unbranched alkanes of at least 4 members (excludes halogenated alkanes) is 1. The molecule has 1 heterocycles. The topological polar surface area (TPSA) is 108 Å². The van der Waals surface area contributed by atoms with Crippen molar-refractivity contribution in [2.45, 2.75) is 46.1 Å². The first-order valence-corrected chi connectivity index (χ1v) is 11.3. The number of rotatable bonds is 11. The van der Waals surface area contributed by atoms with E-state index in [1.165, 1.54) is 4.90 Å². The van der Waals surface area contributed by atoms with Crippen LogP contribution in [0.2, 0.25) is 0 Å². The summed E-state index contributed by atoms with van der Waals surface area (Å²) in [5.74, 6) is -1.22. The quantitative estimate of drug-likeness (QED) is 0.395. The number of hydrogen-bond donors (Lipinski definition) is 2. The van der Waals surface area contributed by atoms with E-state index >= 15 is 0 Å². The van der Waals surface area contributed by atoms with Crippen molar-refractivity contribution in [3.8, 4) is 0 Å². The van der Waals surface area contributed by atoms with Gasteiger partial charge in [-0.3, -0.25) is 19.2 Å². The molecule has 1 aliphatic heterocycles. The van der Waals surface area contributed by atoms with E-state index in [9.17, 15) is 19.2 Å². The number of nitrogens with one attached hydrogen (secondary N) is 2. The van der Waals surface area contributed by atoms with Crippen molar-refractivity contribution in [2.24, 2.45) is 0 Å². The van der Waals surface area contributed by atoms with Gasteiger partial charge in [0.25, 0.3) is 5.91 Å². The summed E-state index contributed by atoms with van der Waals surface area (Å²) >= 11 is 0. The number of carbonyl (C=O) groups excluding carboxylic acids is 4. The zero-order chi connectivity index (χ0) is 23.5. The van der Waals surface area contributed by atoms with Crippen molar-refractivity contribution in [3.63, 3.8) is 0 Å². The molecule has 1 aromatic carbocycles. The normalized spacial score (nSPS) is 15.7. The second-order valence-corrected chi connectivity index (χ2v) is 7.58. The Labute approximate surface area is 189 Å². The van der Waals surface area contributed by atoms with E-state index in [0.29, 0.717) is 44.0 Å². The van der Waals surface area contributed by atoms with Crippen molar-refractivity contribution >= 4 is 29.4 Å².